The van der Waals surface area contributed by atoms with Crippen LogP contribution in [0, 0.1) is 0 Å². The SMILES string of the molecule is O=C=C(C(=O)Cl)c1nc(Cc2ccc(Cl)cc2)n[nH]1. The molecule has 0 saturated carbocycles. The first kappa shape index (κ1) is 13.5. The molecule has 0 aliphatic carbocycles. The van der Waals surface area contributed by atoms with Crippen LogP contribution in [0.4, 0.5) is 0 Å². The van der Waals surface area contributed by atoms with Gasteiger partial charge in [-0.25, -0.2) is 9.78 Å². The van der Waals surface area contributed by atoms with Crippen LogP contribution in [-0.2, 0) is 16.0 Å². The number of aromatic nitrogens is 3. The Morgan fingerprint density at radius 3 is 2.58 bits per heavy atom. The van der Waals surface area contributed by atoms with Gasteiger partial charge in [0.25, 0.3) is 5.24 Å². The largest absolute Gasteiger partial charge is 0.275 e. The van der Waals surface area contributed by atoms with Crippen molar-refractivity contribution < 1.29 is 9.59 Å². The van der Waals surface area contributed by atoms with Crippen LogP contribution < -0.4 is 0 Å². The van der Waals surface area contributed by atoms with Gasteiger partial charge in [0, 0.05) is 11.4 Å². The summed E-state index contributed by atoms with van der Waals surface area (Å²) >= 11 is 11.0. The summed E-state index contributed by atoms with van der Waals surface area (Å²) in [6.07, 6.45) is 0.441. The molecule has 0 aliphatic heterocycles. The quantitative estimate of drug-likeness (QED) is 0.532. The van der Waals surface area contributed by atoms with Crippen LogP contribution >= 0.6 is 23.2 Å². The fourth-order valence-electron chi connectivity index (χ4n) is 1.45. The van der Waals surface area contributed by atoms with Crippen LogP contribution in [0.15, 0.2) is 24.3 Å². The predicted octanol–water partition coefficient (Wildman–Crippen LogP) is 2.03. The summed E-state index contributed by atoms with van der Waals surface area (Å²) in [4.78, 5) is 25.5. The molecule has 96 valence electrons. The van der Waals surface area contributed by atoms with E-state index in [2.05, 4.69) is 15.2 Å². The van der Waals surface area contributed by atoms with Crippen molar-refractivity contribution in [1.82, 2.24) is 15.2 Å². The average molecular weight is 296 g/mol. The maximum atomic E-state index is 10.9. The van der Waals surface area contributed by atoms with E-state index in [1.807, 2.05) is 12.1 Å². The molecule has 5 nitrogen and oxygen atoms in total. The van der Waals surface area contributed by atoms with Gasteiger partial charge < -0.3 is 0 Å². The van der Waals surface area contributed by atoms with Gasteiger partial charge in [-0.1, -0.05) is 23.7 Å². The number of rotatable bonds is 4. The lowest BCUT2D eigenvalue weighted by molar-refractivity contribution is -0.106. The molecule has 1 N–H and O–H groups in total. The first-order valence-corrected chi connectivity index (χ1v) is 5.97. The molecule has 0 radical (unpaired) electrons. The van der Waals surface area contributed by atoms with Crippen molar-refractivity contribution in [2.75, 3.05) is 0 Å². The third-order valence-electron chi connectivity index (χ3n) is 2.34. The Kier molecular flexibility index (Phi) is 4.12. The molecular formula is C12H7Cl2N3O2. The van der Waals surface area contributed by atoms with E-state index in [1.165, 1.54) is 5.94 Å². The highest BCUT2D eigenvalue weighted by Gasteiger charge is 2.15. The van der Waals surface area contributed by atoms with Crippen molar-refractivity contribution in [3.63, 3.8) is 0 Å². The second-order valence-corrected chi connectivity index (χ2v) is 4.43. The summed E-state index contributed by atoms with van der Waals surface area (Å²) < 4.78 is 0. The minimum Gasteiger partial charge on any atom is -0.275 e. The lowest BCUT2D eigenvalue weighted by Crippen LogP contribution is -1.97. The number of carbonyl (C=O) groups excluding carboxylic acids is 2. The summed E-state index contributed by atoms with van der Waals surface area (Å²) in [6.45, 7) is 0. The summed E-state index contributed by atoms with van der Waals surface area (Å²) in [5.74, 6) is 1.88. The Hall–Kier alpha value is -1.94. The first-order chi connectivity index (χ1) is 9.10. The minimum absolute atomic E-state index is 0.0129. The molecule has 0 bridgehead atoms. The zero-order valence-corrected chi connectivity index (χ0v) is 11.0. The van der Waals surface area contributed by atoms with Gasteiger partial charge in [-0.3, -0.25) is 9.89 Å². The summed E-state index contributed by atoms with van der Waals surface area (Å²) in [7, 11) is 0. The van der Waals surface area contributed by atoms with Gasteiger partial charge in [0.2, 0.25) is 0 Å². The van der Waals surface area contributed by atoms with Crippen LogP contribution in [0.1, 0.15) is 17.2 Å². The zero-order chi connectivity index (χ0) is 13.8. The minimum atomic E-state index is -0.927. The number of H-pyrrole nitrogens is 1. The molecular weight excluding hydrogens is 289 g/mol. The van der Waals surface area contributed by atoms with E-state index in [-0.39, 0.29) is 11.4 Å². The van der Waals surface area contributed by atoms with E-state index >= 15 is 0 Å². The molecule has 0 unspecified atom stereocenters. The van der Waals surface area contributed by atoms with E-state index in [9.17, 15) is 9.59 Å². The van der Waals surface area contributed by atoms with E-state index in [0.717, 1.165) is 5.56 Å². The molecule has 1 aromatic heterocycles. The van der Waals surface area contributed by atoms with Gasteiger partial charge in [0.1, 0.15) is 5.94 Å². The molecule has 0 amide bonds. The predicted molar refractivity (Wildman–Crippen MR) is 70.6 cm³/mol. The Balaban J connectivity index is 2.20. The van der Waals surface area contributed by atoms with Crippen molar-refractivity contribution >= 4 is 40.0 Å². The van der Waals surface area contributed by atoms with Gasteiger partial charge >= 0.3 is 0 Å². The summed E-state index contributed by atoms with van der Waals surface area (Å²) in [6, 6.07) is 7.18. The third kappa shape index (κ3) is 3.29. The number of nitrogens with zero attached hydrogens (tertiary/aromatic N) is 2. The second kappa shape index (κ2) is 5.80. The van der Waals surface area contributed by atoms with Gasteiger partial charge in [-0.2, -0.15) is 5.10 Å². The Labute approximate surface area is 118 Å². The van der Waals surface area contributed by atoms with E-state index in [4.69, 9.17) is 23.2 Å². The number of hydrogen-bond acceptors (Lipinski definition) is 4. The number of hydrogen-bond donors (Lipinski definition) is 1. The van der Waals surface area contributed by atoms with E-state index < -0.39 is 5.24 Å². The van der Waals surface area contributed by atoms with Crippen LogP contribution in [0.2, 0.25) is 5.02 Å². The van der Waals surface area contributed by atoms with E-state index in [1.54, 1.807) is 12.1 Å². The fourth-order valence-corrected chi connectivity index (χ4v) is 1.71. The van der Waals surface area contributed by atoms with Crippen molar-refractivity contribution in [3.05, 3.63) is 46.5 Å². The number of carbonyl (C=O) groups is 1. The molecule has 1 heterocycles. The molecule has 0 atom stereocenters. The topological polar surface area (TPSA) is 75.7 Å². The molecule has 2 rings (SSSR count). The van der Waals surface area contributed by atoms with Crippen LogP contribution in [0.25, 0.3) is 5.57 Å². The number of nitrogens with one attached hydrogen (secondary N) is 1. The van der Waals surface area contributed by atoms with Gasteiger partial charge in [0.15, 0.2) is 17.2 Å². The fraction of sp³-hybridized carbons (Fsp3) is 0.0833. The zero-order valence-electron chi connectivity index (χ0n) is 9.48. The molecule has 7 heteroatoms. The monoisotopic (exact) mass is 295 g/mol. The molecule has 19 heavy (non-hydrogen) atoms. The maximum Gasteiger partial charge on any atom is 0.267 e. The van der Waals surface area contributed by atoms with Gasteiger partial charge in [-0.15, -0.1) is 0 Å². The average Bonchev–Trinajstić information content (AvgIpc) is 2.81. The van der Waals surface area contributed by atoms with Crippen molar-refractivity contribution in [2.45, 2.75) is 6.42 Å². The molecule has 0 saturated heterocycles. The third-order valence-corrected chi connectivity index (χ3v) is 2.78. The highest BCUT2D eigenvalue weighted by molar-refractivity contribution is 6.75. The molecule has 1 aromatic carbocycles. The first-order valence-electron chi connectivity index (χ1n) is 5.21. The van der Waals surface area contributed by atoms with Crippen LogP contribution in [0.5, 0.6) is 0 Å². The number of allylic oxidation sites excluding steroid dienone is 1. The Bertz CT molecular complexity index is 658. The standard InChI is InChI=1S/C12H7Cl2N3O2/c13-8-3-1-7(2-4-8)5-10-15-12(17-16-10)9(6-18)11(14)19/h1-4H,5H2,(H,15,16,17). The molecule has 0 fully saturated rings. The Morgan fingerprint density at radius 2 is 2.00 bits per heavy atom. The summed E-state index contributed by atoms with van der Waals surface area (Å²) in [5.41, 5.74) is 0.584. The maximum absolute atomic E-state index is 10.9. The summed E-state index contributed by atoms with van der Waals surface area (Å²) in [5, 5.41) is 6.09. The molecule has 0 aliphatic rings. The normalized spacial score (nSPS) is 10.0. The second-order valence-electron chi connectivity index (χ2n) is 3.65. The molecule has 0 spiro atoms. The molecule has 2 aromatic rings. The lowest BCUT2D eigenvalue weighted by Gasteiger charge is -1.96. The van der Waals surface area contributed by atoms with Crippen molar-refractivity contribution in [1.29, 1.82) is 0 Å². The van der Waals surface area contributed by atoms with Gasteiger partial charge in [-0.05, 0) is 29.3 Å². The van der Waals surface area contributed by atoms with Crippen molar-refractivity contribution in [3.8, 4) is 0 Å². The van der Waals surface area contributed by atoms with Crippen LogP contribution in [0.3, 0.4) is 0 Å². The smallest absolute Gasteiger partial charge is 0.267 e. The van der Waals surface area contributed by atoms with E-state index in [0.29, 0.717) is 17.3 Å². The van der Waals surface area contributed by atoms with Gasteiger partial charge in [0.05, 0.1) is 0 Å². The number of halogens is 2. The van der Waals surface area contributed by atoms with Crippen LogP contribution in [-0.4, -0.2) is 26.4 Å². The highest BCUT2D eigenvalue weighted by atomic mass is 35.5. The lowest BCUT2D eigenvalue weighted by atomic mass is 10.1. The Morgan fingerprint density at radius 1 is 1.32 bits per heavy atom. The van der Waals surface area contributed by atoms with Crippen molar-refractivity contribution in [2.24, 2.45) is 0 Å². The number of benzene rings is 1. The highest BCUT2D eigenvalue weighted by Crippen LogP contribution is 2.14. The number of aromatic amines is 1.